The zero-order valence-electron chi connectivity index (χ0n) is 14.8. The molecular formula is C21H19ClN2O3. The number of rotatable bonds is 7. The Morgan fingerprint density at radius 2 is 1.89 bits per heavy atom. The number of hydrogen-bond donors (Lipinski definition) is 1. The molecule has 0 saturated heterocycles. The van der Waals surface area contributed by atoms with E-state index in [9.17, 15) is 4.79 Å². The molecule has 0 aliphatic carbocycles. The van der Waals surface area contributed by atoms with Gasteiger partial charge in [-0.1, -0.05) is 29.8 Å². The lowest BCUT2D eigenvalue weighted by atomic mass is 10.2. The molecular weight excluding hydrogens is 364 g/mol. The van der Waals surface area contributed by atoms with Gasteiger partial charge in [0.1, 0.15) is 6.61 Å². The summed E-state index contributed by atoms with van der Waals surface area (Å²) in [5.74, 6) is 0.853. The number of methoxy groups -OCH3 is 1. The lowest BCUT2D eigenvalue weighted by molar-refractivity contribution is 0.0950. The second kappa shape index (κ2) is 9.05. The number of ether oxygens (including phenoxy) is 2. The van der Waals surface area contributed by atoms with Crippen LogP contribution in [0.2, 0.25) is 5.02 Å². The summed E-state index contributed by atoms with van der Waals surface area (Å²) in [6.45, 7) is 0.732. The van der Waals surface area contributed by atoms with E-state index in [-0.39, 0.29) is 5.91 Å². The van der Waals surface area contributed by atoms with Crippen LogP contribution in [0.5, 0.6) is 11.5 Å². The van der Waals surface area contributed by atoms with Crippen molar-refractivity contribution >= 4 is 17.5 Å². The van der Waals surface area contributed by atoms with Gasteiger partial charge in [0, 0.05) is 16.8 Å². The Hall–Kier alpha value is -3.05. The third kappa shape index (κ3) is 5.21. The van der Waals surface area contributed by atoms with E-state index in [4.69, 9.17) is 21.1 Å². The normalized spacial score (nSPS) is 10.3. The van der Waals surface area contributed by atoms with Crippen molar-refractivity contribution in [1.82, 2.24) is 10.3 Å². The Morgan fingerprint density at radius 3 is 2.59 bits per heavy atom. The van der Waals surface area contributed by atoms with E-state index < -0.39 is 0 Å². The number of nitrogens with zero attached hydrogens (tertiary/aromatic N) is 1. The quantitative estimate of drug-likeness (QED) is 0.663. The summed E-state index contributed by atoms with van der Waals surface area (Å²) in [5.41, 5.74) is 2.26. The fourth-order valence-corrected chi connectivity index (χ4v) is 2.57. The molecule has 1 heterocycles. The lowest BCUT2D eigenvalue weighted by Gasteiger charge is -2.12. The van der Waals surface area contributed by atoms with Crippen LogP contribution in [0.15, 0.2) is 66.9 Å². The predicted molar refractivity (Wildman–Crippen MR) is 104 cm³/mol. The number of amides is 1. The minimum Gasteiger partial charge on any atom is -0.493 e. The summed E-state index contributed by atoms with van der Waals surface area (Å²) in [5, 5.41) is 3.52. The Bertz CT molecular complexity index is 899. The number of pyridine rings is 1. The van der Waals surface area contributed by atoms with Gasteiger partial charge in [-0.25, -0.2) is 0 Å². The number of carbonyl (C=O) groups is 1. The molecule has 0 bridgehead atoms. The van der Waals surface area contributed by atoms with Crippen molar-refractivity contribution in [2.45, 2.75) is 13.2 Å². The molecule has 27 heavy (non-hydrogen) atoms. The van der Waals surface area contributed by atoms with Crippen molar-refractivity contribution < 1.29 is 14.3 Å². The van der Waals surface area contributed by atoms with E-state index in [1.165, 1.54) is 0 Å². The zero-order valence-corrected chi connectivity index (χ0v) is 15.6. The van der Waals surface area contributed by atoms with Crippen molar-refractivity contribution in [3.8, 4) is 11.5 Å². The SMILES string of the molecule is COc1cc(C(=O)NCc2ccccn2)ccc1OCc1ccc(Cl)cc1. The van der Waals surface area contributed by atoms with Crippen LogP contribution in [-0.4, -0.2) is 18.0 Å². The predicted octanol–water partition coefficient (Wildman–Crippen LogP) is 4.25. The van der Waals surface area contributed by atoms with Crippen molar-refractivity contribution in [2.75, 3.05) is 7.11 Å². The van der Waals surface area contributed by atoms with Crippen LogP contribution in [0.25, 0.3) is 0 Å². The van der Waals surface area contributed by atoms with Gasteiger partial charge in [0.25, 0.3) is 5.91 Å². The molecule has 5 nitrogen and oxygen atoms in total. The molecule has 0 atom stereocenters. The van der Waals surface area contributed by atoms with Gasteiger partial charge in [-0.2, -0.15) is 0 Å². The smallest absolute Gasteiger partial charge is 0.251 e. The molecule has 0 fully saturated rings. The highest BCUT2D eigenvalue weighted by atomic mass is 35.5. The topological polar surface area (TPSA) is 60.5 Å². The average molecular weight is 383 g/mol. The highest BCUT2D eigenvalue weighted by Crippen LogP contribution is 2.29. The molecule has 0 aliphatic heterocycles. The highest BCUT2D eigenvalue weighted by molar-refractivity contribution is 6.30. The van der Waals surface area contributed by atoms with Gasteiger partial charge < -0.3 is 14.8 Å². The first-order valence-corrected chi connectivity index (χ1v) is 8.77. The molecule has 0 aliphatic rings. The van der Waals surface area contributed by atoms with E-state index in [1.54, 1.807) is 31.5 Å². The van der Waals surface area contributed by atoms with E-state index in [0.29, 0.717) is 35.2 Å². The van der Waals surface area contributed by atoms with Gasteiger partial charge in [-0.3, -0.25) is 9.78 Å². The van der Waals surface area contributed by atoms with Gasteiger partial charge >= 0.3 is 0 Å². The first kappa shape index (κ1) is 18.7. The van der Waals surface area contributed by atoms with Crippen LogP contribution < -0.4 is 14.8 Å². The molecule has 1 N–H and O–H groups in total. The Labute approximate surface area is 162 Å². The molecule has 0 spiro atoms. The van der Waals surface area contributed by atoms with Crippen LogP contribution in [-0.2, 0) is 13.2 Å². The van der Waals surface area contributed by atoms with Gasteiger partial charge in [0.2, 0.25) is 0 Å². The van der Waals surface area contributed by atoms with Crippen molar-refractivity contribution in [2.24, 2.45) is 0 Å². The maximum absolute atomic E-state index is 12.4. The number of nitrogens with one attached hydrogen (secondary N) is 1. The molecule has 2 aromatic carbocycles. The van der Waals surface area contributed by atoms with Crippen molar-refractivity contribution in [3.05, 3.63) is 88.7 Å². The fourth-order valence-electron chi connectivity index (χ4n) is 2.45. The number of hydrogen-bond acceptors (Lipinski definition) is 4. The molecule has 0 unspecified atom stereocenters. The van der Waals surface area contributed by atoms with E-state index in [1.807, 2.05) is 42.5 Å². The summed E-state index contributed by atoms with van der Waals surface area (Å²) in [7, 11) is 1.54. The maximum Gasteiger partial charge on any atom is 0.251 e. The second-order valence-electron chi connectivity index (χ2n) is 5.78. The number of benzene rings is 2. The standard InChI is InChI=1S/C21H19ClN2O3/c1-26-20-12-16(21(25)24-13-18-4-2-3-11-23-18)7-10-19(20)27-14-15-5-8-17(22)9-6-15/h2-12H,13-14H2,1H3,(H,24,25). The lowest BCUT2D eigenvalue weighted by Crippen LogP contribution is -2.23. The summed E-state index contributed by atoms with van der Waals surface area (Å²) >= 11 is 5.89. The summed E-state index contributed by atoms with van der Waals surface area (Å²) in [6, 6.07) is 18.1. The van der Waals surface area contributed by atoms with E-state index in [2.05, 4.69) is 10.3 Å². The third-order valence-corrected chi connectivity index (χ3v) is 4.14. The molecule has 6 heteroatoms. The van der Waals surface area contributed by atoms with Gasteiger partial charge in [-0.05, 0) is 48.0 Å². The molecule has 1 amide bonds. The Morgan fingerprint density at radius 1 is 1.07 bits per heavy atom. The number of halogens is 1. The summed E-state index contributed by atoms with van der Waals surface area (Å²) in [6.07, 6.45) is 1.69. The number of aromatic nitrogens is 1. The van der Waals surface area contributed by atoms with E-state index >= 15 is 0 Å². The molecule has 138 valence electrons. The largest absolute Gasteiger partial charge is 0.493 e. The Kier molecular flexibility index (Phi) is 6.28. The second-order valence-corrected chi connectivity index (χ2v) is 6.22. The van der Waals surface area contributed by atoms with E-state index in [0.717, 1.165) is 11.3 Å². The minimum atomic E-state index is -0.205. The zero-order chi connectivity index (χ0) is 19.1. The maximum atomic E-state index is 12.4. The van der Waals surface area contributed by atoms with Crippen molar-refractivity contribution in [1.29, 1.82) is 0 Å². The van der Waals surface area contributed by atoms with Crippen LogP contribution in [0.3, 0.4) is 0 Å². The minimum absolute atomic E-state index is 0.205. The fraction of sp³-hybridized carbons (Fsp3) is 0.143. The average Bonchev–Trinajstić information content (AvgIpc) is 2.72. The van der Waals surface area contributed by atoms with Crippen LogP contribution in [0.4, 0.5) is 0 Å². The van der Waals surface area contributed by atoms with Crippen LogP contribution in [0, 0.1) is 0 Å². The van der Waals surface area contributed by atoms with Crippen LogP contribution >= 0.6 is 11.6 Å². The first-order valence-electron chi connectivity index (χ1n) is 8.39. The Balaban J connectivity index is 1.64. The molecule has 3 aromatic rings. The van der Waals surface area contributed by atoms with Crippen LogP contribution in [0.1, 0.15) is 21.6 Å². The van der Waals surface area contributed by atoms with Crippen molar-refractivity contribution in [3.63, 3.8) is 0 Å². The van der Waals surface area contributed by atoms with Gasteiger partial charge in [0.15, 0.2) is 11.5 Å². The highest BCUT2D eigenvalue weighted by Gasteiger charge is 2.11. The summed E-state index contributed by atoms with van der Waals surface area (Å²) in [4.78, 5) is 16.5. The van der Waals surface area contributed by atoms with Gasteiger partial charge in [-0.15, -0.1) is 0 Å². The first-order chi connectivity index (χ1) is 13.2. The number of carbonyl (C=O) groups excluding carboxylic acids is 1. The van der Waals surface area contributed by atoms with Gasteiger partial charge in [0.05, 0.1) is 19.3 Å². The molecule has 1 aromatic heterocycles. The monoisotopic (exact) mass is 382 g/mol. The molecule has 0 saturated carbocycles. The molecule has 0 radical (unpaired) electrons. The summed E-state index contributed by atoms with van der Waals surface area (Å²) < 4.78 is 11.2. The molecule has 3 rings (SSSR count). The third-order valence-electron chi connectivity index (χ3n) is 3.89.